The van der Waals surface area contributed by atoms with Crippen LogP contribution in [0.5, 0.6) is 0 Å². The van der Waals surface area contributed by atoms with Gasteiger partial charge in [0, 0.05) is 26.3 Å². The standard InChI is InChI=1S/C9H16N2O4/c1-11(6-2-4-15-5-3-6)8(12)7(10)9(13)14/h6-7H,2-5,10H2,1H3,(H,13,14). The van der Waals surface area contributed by atoms with E-state index in [1.165, 1.54) is 4.90 Å². The molecule has 1 aliphatic heterocycles. The molecule has 1 saturated heterocycles. The van der Waals surface area contributed by atoms with Crippen molar-refractivity contribution in [3.8, 4) is 0 Å². The van der Waals surface area contributed by atoms with Gasteiger partial charge in [-0.15, -0.1) is 0 Å². The lowest BCUT2D eigenvalue weighted by Gasteiger charge is -2.32. The number of nitrogens with zero attached hydrogens (tertiary/aromatic N) is 1. The molecule has 0 radical (unpaired) electrons. The van der Waals surface area contributed by atoms with Crippen LogP contribution in [0.3, 0.4) is 0 Å². The van der Waals surface area contributed by atoms with Crippen molar-refractivity contribution in [1.82, 2.24) is 4.90 Å². The van der Waals surface area contributed by atoms with Gasteiger partial charge in [-0.05, 0) is 12.8 Å². The zero-order valence-corrected chi connectivity index (χ0v) is 8.68. The van der Waals surface area contributed by atoms with E-state index in [0.29, 0.717) is 13.2 Å². The quantitative estimate of drug-likeness (QED) is 0.592. The van der Waals surface area contributed by atoms with Gasteiger partial charge >= 0.3 is 5.97 Å². The number of aliphatic carboxylic acids is 1. The van der Waals surface area contributed by atoms with Gasteiger partial charge in [0.15, 0.2) is 6.04 Å². The summed E-state index contributed by atoms with van der Waals surface area (Å²) in [6, 6.07) is -1.42. The number of carboxylic acids is 1. The Bertz CT molecular complexity index is 250. The van der Waals surface area contributed by atoms with Gasteiger partial charge in [0.25, 0.3) is 5.91 Å². The molecule has 3 N–H and O–H groups in total. The molecule has 0 aliphatic carbocycles. The van der Waals surface area contributed by atoms with Crippen LogP contribution in [0.1, 0.15) is 12.8 Å². The largest absolute Gasteiger partial charge is 0.480 e. The number of rotatable bonds is 3. The second kappa shape index (κ2) is 5.09. The molecular formula is C9H16N2O4. The molecule has 0 saturated carbocycles. The predicted octanol–water partition coefficient (Wildman–Crippen LogP) is -0.964. The Labute approximate surface area is 88.0 Å². The van der Waals surface area contributed by atoms with Gasteiger partial charge in [-0.3, -0.25) is 4.79 Å². The summed E-state index contributed by atoms with van der Waals surface area (Å²) in [4.78, 5) is 23.5. The maximum Gasteiger partial charge on any atom is 0.330 e. The van der Waals surface area contributed by atoms with Crippen molar-refractivity contribution in [2.75, 3.05) is 20.3 Å². The van der Waals surface area contributed by atoms with E-state index < -0.39 is 17.9 Å². The highest BCUT2D eigenvalue weighted by molar-refractivity contribution is 6.00. The Morgan fingerprint density at radius 2 is 2.00 bits per heavy atom. The van der Waals surface area contributed by atoms with Crippen LogP contribution >= 0.6 is 0 Å². The van der Waals surface area contributed by atoms with Gasteiger partial charge in [-0.2, -0.15) is 0 Å². The van der Waals surface area contributed by atoms with Crippen LogP contribution in [-0.2, 0) is 14.3 Å². The lowest BCUT2D eigenvalue weighted by molar-refractivity contribution is -0.147. The van der Waals surface area contributed by atoms with Crippen LogP contribution in [-0.4, -0.2) is 54.2 Å². The van der Waals surface area contributed by atoms with Crippen LogP contribution in [0.4, 0.5) is 0 Å². The van der Waals surface area contributed by atoms with Crippen molar-refractivity contribution in [2.24, 2.45) is 5.73 Å². The summed E-state index contributed by atoms with van der Waals surface area (Å²) >= 11 is 0. The average molecular weight is 216 g/mol. The minimum absolute atomic E-state index is 0.0386. The molecule has 0 aromatic carbocycles. The van der Waals surface area contributed by atoms with E-state index in [1.807, 2.05) is 0 Å². The topological polar surface area (TPSA) is 92.9 Å². The van der Waals surface area contributed by atoms with Crippen LogP contribution in [0.2, 0.25) is 0 Å². The molecule has 1 rings (SSSR count). The number of likely N-dealkylation sites (N-methyl/N-ethyl adjacent to an activating group) is 1. The summed E-state index contributed by atoms with van der Waals surface area (Å²) in [6.45, 7) is 1.20. The van der Waals surface area contributed by atoms with Crippen molar-refractivity contribution >= 4 is 11.9 Å². The van der Waals surface area contributed by atoms with Gasteiger partial charge in [-0.25, -0.2) is 4.79 Å². The minimum atomic E-state index is -1.46. The summed E-state index contributed by atoms with van der Waals surface area (Å²) in [7, 11) is 1.58. The predicted molar refractivity (Wildman–Crippen MR) is 52.2 cm³/mol. The summed E-state index contributed by atoms with van der Waals surface area (Å²) in [5, 5.41) is 8.60. The van der Waals surface area contributed by atoms with Crippen LogP contribution < -0.4 is 5.73 Å². The Morgan fingerprint density at radius 3 is 2.47 bits per heavy atom. The number of ether oxygens (including phenoxy) is 1. The maximum atomic E-state index is 11.6. The number of carbonyl (C=O) groups is 2. The molecule has 15 heavy (non-hydrogen) atoms. The first kappa shape index (κ1) is 11.9. The third-order valence-electron chi connectivity index (χ3n) is 2.62. The van der Waals surface area contributed by atoms with E-state index in [1.54, 1.807) is 7.05 Å². The lowest BCUT2D eigenvalue weighted by atomic mass is 10.1. The number of nitrogens with two attached hydrogens (primary N) is 1. The molecule has 6 nitrogen and oxygen atoms in total. The number of carboxylic acid groups (broad SMARTS) is 1. The molecule has 0 bridgehead atoms. The van der Waals surface area contributed by atoms with E-state index in [4.69, 9.17) is 15.6 Å². The molecule has 1 unspecified atom stereocenters. The van der Waals surface area contributed by atoms with Gasteiger partial charge in [0.2, 0.25) is 0 Å². The smallest absolute Gasteiger partial charge is 0.330 e. The zero-order valence-electron chi connectivity index (χ0n) is 8.68. The number of carbonyl (C=O) groups excluding carboxylic acids is 1. The van der Waals surface area contributed by atoms with Gasteiger partial charge in [0.05, 0.1) is 0 Å². The Balaban J connectivity index is 2.54. The molecule has 1 fully saturated rings. The summed E-state index contributed by atoms with van der Waals surface area (Å²) in [5.41, 5.74) is 5.25. The number of hydrogen-bond acceptors (Lipinski definition) is 4. The van der Waals surface area contributed by atoms with Crippen LogP contribution in [0, 0.1) is 0 Å². The fourth-order valence-corrected chi connectivity index (χ4v) is 1.58. The maximum absolute atomic E-state index is 11.6. The van der Waals surface area contributed by atoms with Crippen molar-refractivity contribution in [3.63, 3.8) is 0 Å². The van der Waals surface area contributed by atoms with E-state index in [2.05, 4.69) is 0 Å². The fraction of sp³-hybridized carbons (Fsp3) is 0.778. The monoisotopic (exact) mass is 216 g/mol. The van der Waals surface area contributed by atoms with E-state index >= 15 is 0 Å². The van der Waals surface area contributed by atoms with Gasteiger partial charge in [-0.1, -0.05) is 0 Å². The molecule has 1 heterocycles. The molecule has 1 atom stereocenters. The van der Waals surface area contributed by atoms with E-state index in [-0.39, 0.29) is 6.04 Å². The van der Waals surface area contributed by atoms with Crippen molar-refractivity contribution in [2.45, 2.75) is 24.9 Å². The van der Waals surface area contributed by atoms with Crippen molar-refractivity contribution in [1.29, 1.82) is 0 Å². The van der Waals surface area contributed by atoms with E-state index in [0.717, 1.165) is 12.8 Å². The molecule has 6 heteroatoms. The molecule has 1 amide bonds. The van der Waals surface area contributed by atoms with Gasteiger partial charge < -0.3 is 20.5 Å². The molecule has 86 valence electrons. The molecule has 0 aromatic heterocycles. The van der Waals surface area contributed by atoms with Crippen molar-refractivity contribution < 1.29 is 19.4 Å². The van der Waals surface area contributed by atoms with Crippen LogP contribution in [0.15, 0.2) is 0 Å². The highest BCUT2D eigenvalue weighted by Gasteiger charge is 2.29. The van der Waals surface area contributed by atoms with Crippen molar-refractivity contribution in [3.05, 3.63) is 0 Å². The fourth-order valence-electron chi connectivity index (χ4n) is 1.58. The molecule has 0 spiro atoms. The Morgan fingerprint density at radius 1 is 1.47 bits per heavy atom. The highest BCUT2D eigenvalue weighted by Crippen LogP contribution is 2.13. The summed E-state index contributed by atoms with van der Waals surface area (Å²) < 4.78 is 5.15. The first-order valence-electron chi connectivity index (χ1n) is 4.87. The third kappa shape index (κ3) is 2.90. The number of hydrogen-bond donors (Lipinski definition) is 2. The molecule has 1 aliphatic rings. The molecular weight excluding hydrogens is 200 g/mol. The Hall–Kier alpha value is -1.14. The first-order valence-corrected chi connectivity index (χ1v) is 4.87. The minimum Gasteiger partial charge on any atom is -0.480 e. The first-order chi connectivity index (χ1) is 7.04. The van der Waals surface area contributed by atoms with E-state index in [9.17, 15) is 9.59 Å². The second-order valence-corrected chi connectivity index (χ2v) is 3.61. The number of amides is 1. The average Bonchev–Trinajstić information content (AvgIpc) is 2.27. The summed E-state index contributed by atoms with van der Waals surface area (Å²) in [5.74, 6) is -1.84. The molecule has 0 aromatic rings. The van der Waals surface area contributed by atoms with Gasteiger partial charge in [0.1, 0.15) is 0 Å². The second-order valence-electron chi connectivity index (χ2n) is 3.61. The zero-order chi connectivity index (χ0) is 11.4. The Kier molecular flexibility index (Phi) is 4.05. The third-order valence-corrected chi connectivity index (χ3v) is 2.62. The summed E-state index contributed by atoms with van der Waals surface area (Å²) in [6.07, 6.45) is 1.46. The normalized spacial score (nSPS) is 19.6. The SMILES string of the molecule is CN(C(=O)C(N)C(=O)O)C1CCOCC1. The lowest BCUT2D eigenvalue weighted by Crippen LogP contribution is -2.51. The van der Waals surface area contributed by atoms with Crippen LogP contribution in [0.25, 0.3) is 0 Å². The highest BCUT2D eigenvalue weighted by atomic mass is 16.5.